The summed E-state index contributed by atoms with van der Waals surface area (Å²) in [7, 11) is 0. The second-order valence-corrected chi connectivity index (χ2v) is 5.74. The van der Waals surface area contributed by atoms with Gasteiger partial charge in [0.05, 0.1) is 6.54 Å². The fourth-order valence-corrected chi connectivity index (χ4v) is 2.54. The quantitative estimate of drug-likeness (QED) is 0.336. The number of anilines is 1. The van der Waals surface area contributed by atoms with Crippen LogP contribution in [0.2, 0.25) is 0 Å². The van der Waals surface area contributed by atoms with Gasteiger partial charge in [0.1, 0.15) is 0 Å². The van der Waals surface area contributed by atoms with E-state index in [0.29, 0.717) is 12.5 Å². The monoisotopic (exact) mass is 300 g/mol. The van der Waals surface area contributed by atoms with Crippen molar-refractivity contribution in [1.29, 1.82) is 0 Å². The summed E-state index contributed by atoms with van der Waals surface area (Å²) in [5.41, 5.74) is 8.36. The molecule has 1 aromatic rings. The van der Waals surface area contributed by atoms with E-state index in [-0.39, 0.29) is 0 Å². The predicted molar refractivity (Wildman–Crippen MR) is 95.3 cm³/mol. The largest absolute Gasteiger partial charge is 0.370 e. The zero-order valence-electron chi connectivity index (χ0n) is 13.6. The van der Waals surface area contributed by atoms with Crippen LogP contribution in [-0.4, -0.2) is 25.6 Å². The molecular weight excluding hydrogens is 272 g/mol. The van der Waals surface area contributed by atoms with Gasteiger partial charge in [-0.25, -0.2) is 4.99 Å². The summed E-state index contributed by atoms with van der Waals surface area (Å²) in [4.78, 5) is 6.76. The first-order valence-corrected chi connectivity index (χ1v) is 8.32. The first-order chi connectivity index (χ1) is 10.8. The van der Waals surface area contributed by atoms with E-state index < -0.39 is 0 Å². The molecule has 1 aromatic carbocycles. The van der Waals surface area contributed by atoms with Crippen LogP contribution < -0.4 is 16.0 Å². The van der Waals surface area contributed by atoms with E-state index in [2.05, 4.69) is 58.6 Å². The predicted octanol–water partition coefficient (Wildman–Crippen LogP) is 3.05. The lowest BCUT2D eigenvalue weighted by atomic mass is 10.2. The summed E-state index contributed by atoms with van der Waals surface area (Å²) in [5.74, 6) is 0.546. The van der Waals surface area contributed by atoms with Gasteiger partial charge in [-0.3, -0.25) is 0 Å². The van der Waals surface area contributed by atoms with Crippen molar-refractivity contribution in [1.82, 2.24) is 5.32 Å². The third-order valence-electron chi connectivity index (χ3n) is 3.86. The minimum Gasteiger partial charge on any atom is -0.370 e. The van der Waals surface area contributed by atoms with Crippen LogP contribution in [0.5, 0.6) is 0 Å². The third kappa shape index (κ3) is 5.43. The molecule has 1 aliphatic heterocycles. The van der Waals surface area contributed by atoms with E-state index >= 15 is 0 Å². The Morgan fingerprint density at radius 2 is 2.05 bits per heavy atom. The molecule has 0 atom stereocenters. The van der Waals surface area contributed by atoms with Crippen LogP contribution in [0.4, 0.5) is 5.69 Å². The van der Waals surface area contributed by atoms with Crippen molar-refractivity contribution < 1.29 is 0 Å². The Kier molecular flexibility index (Phi) is 6.81. The van der Waals surface area contributed by atoms with Crippen molar-refractivity contribution in [3.63, 3.8) is 0 Å². The van der Waals surface area contributed by atoms with Gasteiger partial charge in [0.25, 0.3) is 0 Å². The van der Waals surface area contributed by atoms with E-state index in [0.717, 1.165) is 26.1 Å². The van der Waals surface area contributed by atoms with Crippen molar-refractivity contribution in [3.05, 3.63) is 42.0 Å². The number of hydrogen-bond donors (Lipinski definition) is 2. The topological polar surface area (TPSA) is 53.6 Å². The Labute approximate surface area is 134 Å². The highest BCUT2D eigenvalue weighted by Gasteiger charge is 2.07. The molecule has 2 rings (SSSR count). The van der Waals surface area contributed by atoms with Crippen molar-refractivity contribution >= 4 is 11.6 Å². The number of nitrogens with one attached hydrogen (secondary N) is 1. The lowest BCUT2D eigenvalue weighted by Crippen LogP contribution is -2.32. The van der Waals surface area contributed by atoms with E-state index in [1.54, 1.807) is 0 Å². The minimum absolute atomic E-state index is 0.546. The van der Waals surface area contributed by atoms with Crippen LogP contribution in [0, 0.1) is 0 Å². The Bertz CT molecular complexity index is 500. The molecule has 0 unspecified atom stereocenters. The van der Waals surface area contributed by atoms with Gasteiger partial charge in [0, 0.05) is 25.3 Å². The zero-order chi connectivity index (χ0) is 15.6. The Morgan fingerprint density at radius 1 is 1.23 bits per heavy atom. The molecule has 0 radical (unpaired) electrons. The first kappa shape index (κ1) is 16.4. The maximum atomic E-state index is 5.91. The molecule has 1 aliphatic rings. The molecule has 0 aliphatic carbocycles. The van der Waals surface area contributed by atoms with Crippen molar-refractivity contribution in [2.75, 3.05) is 24.5 Å². The number of nitrogens with two attached hydrogens (primary N) is 1. The molecule has 0 bridgehead atoms. The van der Waals surface area contributed by atoms with Crippen LogP contribution in [0.1, 0.15) is 38.2 Å². The maximum Gasteiger partial charge on any atom is 0.188 e. The first-order valence-electron chi connectivity index (χ1n) is 8.32. The highest BCUT2D eigenvalue weighted by Crippen LogP contribution is 2.18. The lowest BCUT2D eigenvalue weighted by molar-refractivity contribution is 0.652. The molecule has 0 spiro atoms. The van der Waals surface area contributed by atoms with Gasteiger partial charge in [0.15, 0.2) is 5.96 Å². The number of aliphatic imine (C=N–C) groups is 1. The number of guanidine groups is 1. The standard InChI is InChI=1S/C18H28N4/c1-2-3-4-5-11-20-18(19)21-15-16-9-8-10-17(14-16)22-12-6-7-13-22/h6-10,14H,2-5,11-13,15H2,1H3,(H3,19,20,21). The molecule has 22 heavy (non-hydrogen) atoms. The Hall–Kier alpha value is -1.97. The fraction of sp³-hybridized carbons (Fsp3) is 0.500. The van der Waals surface area contributed by atoms with Crippen molar-refractivity contribution in [3.8, 4) is 0 Å². The van der Waals surface area contributed by atoms with Crippen molar-refractivity contribution in [2.24, 2.45) is 10.7 Å². The Morgan fingerprint density at radius 3 is 2.82 bits per heavy atom. The number of hydrogen-bond acceptors (Lipinski definition) is 2. The van der Waals surface area contributed by atoms with Crippen LogP contribution in [0.3, 0.4) is 0 Å². The molecular formula is C18H28N4. The van der Waals surface area contributed by atoms with Gasteiger partial charge in [-0.2, -0.15) is 0 Å². The fourth-order valence-electron chi connectivity index (χ4n) is 2.54. The average Bonchev–Trinajstić information content (AvgIpc) is 3.07. The van der Waals surface area contributed by atoms with E-state index in [1.807, 2.05) is 0 Å². The zero-order valence-corrected chi connectivity index (χ0v) is 13.6. The Balaban J connectivity index is 1.77. The normalized spacial score (nSPS) is 14.6. The third-order valence-corrected chi connectivity index (χ3v) is 3.86. The molecule has 0 aromatic heterocycles. The summed E-state index contributed by atoms with van der Waals surface area (Å²) < 4.78 is 0. The van der Waals surface area contributed by atoms with Gasteiger partial charge in [-0.05, 0) is 24.1 Å². The molecule has 4 nitrogen and oxygen atoms in total. The number of benzene rings is 1. The molecule has 0 amide bonds. The molecule has 0 saturated carbocycles. The minimum atomic E-state index is 0.546. The molecule has 3 N–H and O–H groups in total. The van der Waals surface area contributed by atoms with E-state index in [9.17, 15) is 0 Å². The molecule has 1 heterocycles. The molecule has 0 saturated heterocycles. The highest BCUT2D eigenvalue weighted by molar-refractivity contribution is 5.77. The smallest absolute Gasteiger partial charge is 0.188 e. The molecule has 120 valence electrons. The van der Waals surface area contributed by atoms with Gasteiger partial charge in [0.2, 0.25) is 0 Å². The van der Waals surface area contributed by atoms with Crippen LogP contribution in [0.15, 0.2) is 41.4 Å². The molecule has 0 fully saturated rings. The number of rotatable bonds is 8. The van der Waals surface area contributed by atoms with E-state index in [4.69, 9.17) is 5.73 Å². The van der Waals surface area contributed by atoms with Gasteiger partial charge < -0.3 is 16.0 Å². The summed E-state index contributed by atoms with van der Waals surface area (Å²) >= 11 is 0. The van der Waals surface area contributed by atoms with Gasteiger partial charge in [-0.1, -0.05) is 50.5 Å². The number of unbranched alkanes of at least 4 members (excludes halogenated alkanes) is 3. The van der Waals surface area contributed by atoms with Crippen molar-refractivity contribution in [2.45, 2.75) is 39.2 Å². The highest BCUT2D eigenvalue weighted by atomic mass is 15.1. The lowest BCUT2D eigenvalue weighted by Gasteiger charge is -2.18. The summed E-state index contributed by atoms with van der Waals surface area (Å²) in [6, 6.07) is 8.54. The molecule has 4 heteroatoms. The van der Waals surface area contributed by atoms with Crippen LogP contribution in [0.25, 0.3) is 0 Å². The summed E-state index contributed by atoms with van der Waals surface area (Å²) in [6.45, 7) is 5.75. The second kappa shape index (κ2) is 9.13. The average molecular weight is 300 g/mol. The van der Waals surface area contributed by atoms with Gasteiger partial charge in [-0.15, -0.1) is 0 Å². The van der Waals surface area contributed by atoms with Gasteiger partial charge >= 0.3 is 0 Å². The summed E-state index contributed by atoms with van der Waals surface area (Å²) in [5, 5.41) is 3.19. The van der Waals surface area contributed by atoms with E-state index in [1.165, 1.54) is 30.5 Å². The SMILES string of the molecule is CCCCCCNC(N)=NCc1cccc(N2CC=CC2)c1. The maximum absolute atomic E-state index is 5.91. The van der Waals surface area contributed by atoms with Crippen LogP contribution in [-0.2, 0) is 6.54 Å². The summed E-state index contributed by atoms with van der Waals surface area (Å²) in [6.07, 6.45) is 9.35. The second-order valence-electron chi connectivity index (χ2n) is 5.74. The van der Waals surface area contributed by atoms with Crippen LogP contribution >= 0.6 is 0 Å². The number of nitrogens with zero attached hydrogens (tertiary/aromatic N) is 2.